The molecule has 3 N–H and O–H groups in total. The van der Waals surface area contributed by atoms with Gasteiger partial charge in [-0.25, -0.2) is 4.52 Å². The minimum atomic E-state index is -0.364. The molecule has 10 heteroatoms. The highest BCUT2D eigenvalue weighted by atomic mass is 35.5. The van der Waals surface area contributed by atoms with Crippen LogP contribution in [0.5, 0.6) is 0 Å². The number of carbonyl (C=O) groups is 1. The van der Waals surface area contributed by atoms with Crippen LogP contribution in [-0.2, 0) is 4.79 Å². The summed E-state index contributed by atoms with van der Waals surface area (Å²) in [6.45, 7) is 0.702. The van der Waals surface area contributed by atoms with Gasteiger partial charge in [0.15, 0.2) is 11.6 Å². The number of rotatable bonds is 6. The molecular weight excluding hydrogens is 440 g/mol. The van der Waals surface area contributed by atoms with Crippen molar-refractivity contribution in [3.8, 4) is 0 Å². The highest BCUT2D eigenvalue weighted by Crippen LogP contribution is 2.39. The first kappa shape index (κ1) is 20.0. The number of H-pyrrole nitrogens is 1. The van der Waals surface area contributed by atoms with E-state index >= 15 is 0 Å². The monoisotopic (exact) mass is 462 g/mol. The van der Waals surface area contributed by atoms with Crippen LogP contribution in [0.3, 0.4) is 0 Å². The van der Waals surface area contributed by atoms with Crippen molar-refractivity contribution < 1.29 is 4.79 Å². The summed E-state index contributed by atoms with van der Waals surface area (Å²) in [5.41, 5.74) is 2.66. The third-order valence-corrected chi connectivity index (χ3v) is 6.38. The minimum absolute atomic E-state index is 0.0955. The smallest absolute Gasteiger partial charge is 0.247 e. The van der Waals surface area contributed by atoms with Gasteiger partial charge in [0.2, 0.25) is 11.9 Å². The zero-order valence-corrected chi connectivity index (χ0v) is 18.6. The van der Waals surface area contributed by atoms with Crippen LogP contribution in [0, 0.1) is 0 Å². The van der Waals surface area contributed by atoms with Gasteiger partial charge in [0.1, 0.15) is 11.6 Å². The Hall–Kier alpha value is -3.59. The Morgan fingerprint density at radius 1 is 1.15 bits per heavy atom. The summed E-state index contributed by atoms with van der Waals surface area (Å²) in [6, 6.07) is 12.7. The van der Waals surface area contributed by atoms with E-state index in [1.54, 1.807) is 16.6 Å². The van der Waals surface area contributed by atoms with Crippen LogP contribution < -0.4 is 15.5 Å². The molecule has 2 aliphatic rings. The molecule has 1 aromatic carbocycles. The molecule has 1 saturated heterocycles. The molecule has 0 radical (unpaired) electrons. The molecule has 3 aromatic heterocycles. The summed E-state index contributed by atoms with van der Waals surface area (Å²) in [5.74, 6) is 2.37. The number of aromatic amines is 1. The predicted octanol–water partition coefficient (Wildman–Crippen LogP) is 4.33. The second-order valence-corrected chi connectivity index (χ2v) is 8.99. The van der Waals surface area contributed by atoms with Crippen LogP contribution in [0.2, 0.25) is 5.02 Å². The number of anilines is 4. The molecule has 168 valence electrons. The Morgan fingerprint density at radius 3 is 2.91 bits per heavy atom. The number of aromatic nitrogens is 5. The van der Waals surface area contributed by atoms with Gasteiger partial charge < -0.3 is 15.5 Å². The molecule has 0 bridgehead atoms. The Balaban J connectivity index is 1.28. The number of nitrogens with zero attached hydrogens (tertiary/aromatic N) is 5. The van der Waals surface area contributed by atoms with Crippen molar-refractivity contribution in [1.29, 1.82) is 0 Å². The van der Waals surface area contributed by atoms with E-state index in [-0.39, 0.29) is 11.9 Å². The fraction of sp³-hybridized carbons (Fsp3) is 0.304. The summed E-state index contributed by atoms with van der Waals surface area (Å²) in [7, 11) is 0. The highest BCUT2D eigenvalue weighted by molar-refractivity contribution is 6.30. The average Bonchev–Trinajstić information content (AvgIpc) is 3.19. The van der Waals surface area contributed by atoms with Crippen LogP contribution in [0.15, 0.2) is 48.7 Å². The largest absolute Gasteiger partial charge is 0.327 e. The van der Waals surface area contributed by atoms with E-state index in [9.17, 15) is 4.79 Å². The van der Waals surface area contributed by atoms with E-state index < -0.39 is 0 Å². The van der Waals surface area contributed by atoms with E-state index in [2.05, 4.69) is 25.9 Å². The topological polar surface area (TPSA) is 103 Å². The number of hydrogen-bond donors (Lipinski definition) is 3. The molecule has 33 heavy (non-hydrogen) atoms. The van der Waals surface area contributed by atoms with Crippen molar-refractivity contribution in [3.05, 3.63) is 59.4 Å². The molecular formula is C23H23ClN8O. The van der Waals surface area contributed by atoms with Gasteiger partial charge in [0.25, 0.3) is 0 Å². The van der Waals surface area contributed by atoms with Crippen LogP contribution in [0.4, 0.5) is 23.3 Å². The summed E-state index contributed by atoms with van der Waals surface area (Å²) < 4.78 is 1.78. The Bertz CT molecular complexity index is 1330. The SMILES string of the molecule is O=C(Nc1cccc(Cl)c1)C1CCCN1c1nc(Nc2cc(C3CC3)[nH]n2)c2cccn2n1. The summed E-state index contributed by atoms with van der Waals surface area (Å²) in [4.78, 5) is 19.8. The van der Waals surface area contributed by atoms with Crippen LogP contribution >= 0.6 is 11.6 Å². The number of halogens is 1. The summed E-state index contributed by atoms with van der Waals surface area (Å²) in [6.07, 6.45) is 5.90. The number of benzene rings is 1. The Kier molecular flexibility index (Phi) is 4.91. The maximum Gasteiger partial charge on any atom is 0.247 e. The third-order valence-electron chi connectivity index (χ3n) is 6.15. The van der Waals surface area contributed by atoms with E-state index in [4.69, 9.17) is 16.6 Å². The van der Waals surface area contributed by atoms with Crippen molar-refractivity contribution in [1.82, 2.24) is 24.8 Å². The van der Waals surface area contributed by atoms with Gasteiger partial charge in [-0.1, -0.05) is 17.7 Å². The maximum absolute atomic E-state index is 13.1. The maximum atomic E-state index is 13.1. The predicted molar refractivity (Wildman–Crippen MR) is 127 cm³/mol. The number of carbonyl (C=O) groups excluding carboxylic acids is 1. The number of fused-ring (bicyclic) bond motifs is 1. The standard InChI is InChI=1S/C23H23ClN8O/c24-15-4-1-5-16(12-15)25-22(33)19-7-2-10-31(19)23-27-21(18-6-3-11-32(18)30-23)26-20-13-17(28-29-20)14-8-9-14/h1,3-6,11-14,19H,2,7-10H2,(H,25,33)(H2,26,27,28,29,30). The lowest BCUT2D eigenvalue weighted by molar-refractivity contribution is -0.117. The molecule has 1 unspecified atom stereocenters. The number of nitrogens with one attached hydrogen (secondary N) is 3. The van der Waals surface area contributed by atoms with Crippen molar-refractivity contribution in [2.75, 3.05) is 22.1 Å². The molecule has 1 amide bonds. The van der Waals surface area contributed by atoms with E-state index in [0.29, 0.717) is 34.9 Å². The zero-order valence-electron chi connectivity index (χ0n) is 17.8. The summed E-state index contributed by atoms with van der Waals surface area (Å²) in [5, 5.41) is 19.1. The first-order valence-corrected chi connectivity index (χ1v) is 11.5. The minimum Gasteiger partial charge on any atom is -0.327 e. The van der Waals surface area contributed by atoms with Crippen molar-refractivity contribution in [2.24, 2.45) is 0 Å². The highest BCUT2D eigenvalue weighted by Gasteiger charge is 2.33. The van der Waals surface area contributed by atoms with Gasteiger partial charge in [-0.15, -0.1) is 5.10 Å². The Labute approximate surface area is 195 Å². The van der Waals surface area contributed by atoms with Crippen molar-refractivity contribution in [3.63, 3.8) is 0 Å². The number of amides is 1. The lowest BCUT2D eigenvalue weighted by atomic mass is 10.2. The van der Waals surface area contributed by atoms with Crippen molar-refractivity contribution >= 4 is 46.3 Å². The molecule has 1 aliphatic heterocycles. The molecule has 9 nitrogen and oxygen atoms in total. The first-order chi connectivity index (χ1) is 16.1. The lowest BCUT2D eigenvalue weighted by Gasteiger charge is -2.24. The molecule has 4 heterocycles. The molecule has 1 atom stereocenters. The van der Waals surface area contributed by atoms with Gasteiger partial charge in [-0.05, 0) is 56.0 Å². The third kappa shape index (κ3) is 4.00. The molecule has 2 fully saturated rings. The normalized spacial score (nSPS) is 18.1. The quantitative estimate of drug-likeness (QED) is 0.394. The van der Waals surface area contributed by atoms with Crippen molar-refractivity contribution in [2.45, 2.75) is 37.6 Å². The van der Waals surface area contributed by atoms with Crippen LogP contribution in [0.25, 0.3) is 5.52 Å². The molecule has 4 aromatic rings. The second kappa shape index (κ2) is 8.08. The average molecular weight is 463 g/mol. The van der Waals surface area contributed by atoms with Gasteiger partial charge >= 0.3 is 0 Å². The van der Waals surface area contributed by atoms with E-state index in [1.807, 2.05) is 41.4 Å². The van der Waals surface area contributed by atoms with Gasteiger partial charge in [-0.2, -0.15) is 10.1 Å². The second-order valence-electron chi connectivity index (χ2n) is 8.56. The van der Waals surface area contributed by atoms with Crippen LogP contribution in [0.1, 0.15) is 37.3 Å². The Morgan fingerprint density at radius 2 is 2.06 bits per heavy atom. The van der Waals surface area contributed by atoms with E-state index in [0.717, 1.165) is 29.9 Å². The molecule has 6 rings (SSSR count). The molecule has 0 spiro atoms. The van der Waals surface area contributed by atoms with E-state index in [1.165, 1.54) is 12.8 Å². The fourth-order valence-electron chi connectivity index (χ4n) is 4.33. The first-order valence-electron chi connectivity index (χ1n) is 11.1. The lowest BCUT2D eigenvalue weighted by Crippen LogP contribution is -2.40. The fourth-order valence-corrected chi connectivity index (χ4v) is 4.52. The van der Waals surface area contributed by atoms with Gasteiger partial charge in [0.05, 0.1) is 0 Å². The molecule has 1 aliphatic carbocycles. The number of hydrogen-bond acceptors (Lipinski definition) is 6. The molecule has 1 saturated carbocycles. The van der Waals surface area contributed by atoms with Gasteiger partial charge in [-0.3, -0.25) is 9.89 Å². The van der Waals surface area contributed by atoms with Gasteiger partial charge in [0, 0.05) is 41.1 Å². The van der Waals surface area contributed by atoms with Crippen LogP contribution in [-0.4, -0.2) is 43.3 Å². The summed E-state index contributed by atoms with van der Waals surface area (Å²) >= 11 is 6.06. The zero-order chi connectivity index (χ0) is 22.4.